The van der Waals surface area contributed by atoms with Gasteiger partial charge in [-0.3, -0.25) is 0 Å². The molecule has 0 bridgehead atoms. The average molecular weight is 221 g/mol. The largest absolute Gasteiger partial charge is 0.388 e. The molecule has 1 aromatic carbocycles. The molecule has 1 heterocycles. The fourth-order valence-electron chi connectivity index (χ4n) is 1.61. The zero-order chi connectivity index (χ0) is 11.5. The van der Waals surface area contributed by atoms with Gasteiger partial charge < -0.3 is 9.67 Å². The van der Waals surface area contributed by atoms with E-state index in [1.54, 1.807) is 23.0 Å². The molecule has 0 saturated heterocycles. The number of hydrogen-bond donors (Lipinski definition) is 1. The van der Waals surface area contributed by atoms with Crippen molar-refractivity contribution in [2.24, 2.45) is 0 Å². The maximum atomic E-state index is 12.8. The van der Waals surface area contributed by atoms with Gasteiger partial charge in [0, 0.05) is 0 Å². The molecule has 0 fully saturated rings. The third kappa shape index (κ3) is 1.94. The van der Waals surface area contributed by atoms with Crippen LogP contribution in [0.5, 0.6) is 0 Å². The van der Waals surface area contributed by atoms with Crippen molar-refractivity contribution in [3.05, 3.63) is 47.8 Å². The molecular weight excluding hydrogens is 209 g/mol. The van der Waals surface area contributed by atoms with E-state index in [9.17, 15) is 4.39 Å². The van der Waals surface area contributed by atoms with Crippen molar-refractivity contribution in [2.75, 3.05) is 0 Å². The molecule has 0 aliphatic carbocycles. The van der Waals surface area contributed by atoms with Crippen molar-refractivity contribution in [1.29, 1.82) is 0 Å². The van der Waals surface area contributed by atoms with Gasteiger partial charge in [0.25, 0.3) is 0 Å². The Kier molecular flexibility index (Phi) is 2.96. The fraction of sp³-hybridized carbons (Fsp3) is 0.273. The molecule has 2 aromatic rings. The van der Waals surface area contributed by atoms with Crippen molar-refractivity contribution in [3.8, 4) is 0 Å². The van der Waals surface area contributed by atoms with Gasteiger partial charge in [-0.2, -0.15) is 0 Å². The van der Waals surface area contributed by atoms with Crippen molar-refractivity contribution >= 4 is 0 Å². The second-order valence-corrected chi connectivity index (χ2v) is 3.54. The number of rotatable bonds is 3. The average Bonchev–Trinajstić information content (AvgIpc) is 2.77. The molecule has 0 aliphatic heterocycles. The van der Waals surface area contributed by atoms with E-state index in [0.29, 0.717) is 5.82 Å². The number of halogens is 1. The van der Waals surface area contributed by atoms with Crippen LogP contribution in [0.4, 0.5) is 4.39 Å². The van der Waals surface area contributed by atoms with Gasteiger partial charge in [0.15, 0.2) is 5.82 Å². The van der Waals surface area contributed by atoms with Crippen LogP contribution in [0.15, 0.2) is 30.6 Å². The first-order valence-electron chi connectivity index (χ1n) is 4.97. The highest BCUT2D eigenvalue weighted by Gasteiger charge is 2.12. The quantitative estimate of drug-likeness (QED) is 0.854. The molecule has 4 nitrogen and oxygen atoms in total. The lowest BCUT2D eigenvalue weighted by molar-refractivity contribution is 0.263. The summed E-state index contributed by atoms with van der Waals surface area (Å²) in [5.41, 5.74) is 0.941. The molecule has 0 aliphatic rings. The summed E-state index contributed by atoms with van der Waals surface area (Å²) in [6.07, 6.45) is 1.56. The minimum atomic E-state index is -0.262. The molecule has 16 heavy (non-hydrogen) atoms. The van der Waals surface area contributed by atoms with Crippen LogP contribution in [0, 0.1) is 5.82 Å². The van der Waals surface area contributed by atoms with Crippen LogP contribution in [0.3, 0.4) is 0 Å². The monoisotopic (exact) mass is 221 g/mol. The second kappa shape index (κ2) is 4.40. The third-order valence-electron chi connectivity index (χ3n) is 2.56. The number of aliphatic hydroxyl groups is 1. The van der Waals surface area contributed by atoms with E-state index >= 15 is 0 Å². The minimum Gasteiger partial charge on any atom is -0.388 e. The Labute approximate surface area is 92.4 Å². The molecule has 0 amide bonds. The Morgan fingerprint density at radius 1 is 1.38 bits per heavy atom. The Morgan fingerprint density at radius 2 is 2.06 bits per heavy atom. The Bertz CT molecular complexity index is 466. The molecule has 1 unspecified atom stereocenters. The first-order chi connectivity index (χ1) is 7.72. The maximum Gasteiger partial charge on any atom is 0.159 e. The predicted octanol–water partition coefficient (Wildman–Crippen LogP) is 1.52. The van der Waals surface area contributed by atoms with Crippen LogP contribution in [-0.2, 0) is 6.61 Å². The highest BCUT2D eigenvalue weighted by molar-refractivity contribution is 5.20. The summed E-state index contributed by atoms with van der Waals surface area (Å²) in [4.78, 5) is 0. The highest BCUT2D eigenvalue weighted by Crippen LogP contribution is 2.18. The van der Waals surface area contributed by atoms with E-state index in [0.717, 1.165) is 5.56 Å². The lowest BCUT2D eigenvalue weighted by atomic mass is 10.1. The molecular formula is C11H12FN3O. The van der Waals surface area contributed by atoms with E-state index in [2.05, 4.69) is 10.2 Å². The Hall–Kier alpha value is -1.75. The summed E-state index contributed by atoms with van der Waals surface area (Å²) >= 11 is 0. The molecule has 2 rings (SSSR count). The van der Waals surface area contributed by atoms with Gasteiger partial charge in [0.1, 0.15) is 18.8 Å². The molecule has 1 aromatic heterocycles. The molecule has 1 atom stereocenters. The van der Waals surface area contributed by atoms with Gasteiger partial charge in [-0.05, 0) is 24.6 Å². The van der Waals surface area contributed by atoms with Gasteiger partial charge in [0.05, 0.1) is 6.04 Å². The predicted molar refractivity (Wildman–Crippen MR) is 56.2 cm³/mol. The lowest BCUT2D eigenvalue weighted by Gasteiger charge is -2.14. The Morgan fingerprint density at radius 3 is 2.69 bits per heavy atom. The normalized spacial score (nSPS) is 12.7. The smallest absolute Gasteiger partial charge is 0.159 e. The topological polar surface area (TPSA) is 50.9 Å². The first kappa shape index (κ1) is 10.8. The van der Waals surface area contributed by atoms with Crippen LogP contribution in [0.1, 0.15) is 24.4 Å². The molecule has 0 spiro atoms. The molecule has 5 heteroatoms. The van der Waals surface area contributed by atoms with E-state index in [-0.39, 0.29) is 18.5 Å². The van der Waals surface area contributed by atoms with Crippen LogP contribution in [-0.4, -0.2) is 19.9 Å². The number of aliphatic hydroxyl groups excluding tert-OH is 1. The zero-order valence-electron chi connectivity index (χ0n) is 8.84. The third-order valence-corrected chi connectivity index (χ3v) is 2.56. The number of benzene rings is 1. The highest BCUT2D eigenvalue weighted by atomic mass is 19.1. The van der Waals surface area contributed by atoms with Crippen molar-refractivity contribution in [1.82, 2.24) is 14.8 Å². The van der Waals surface area contributed by atoms with Gasteiger partial charge in [-0.1, -0.05) is 12.1 Å². The zero-order valence-corrected chi connectivity index (χ0v) is 8.84. The van der Waals surface area contributed by atoms with Crippen molar-refractivity contribution in [3.63, 3.8) is 0 Å². The minimum absolute atomic E-state index is 0.0299. The Balaban J connectivity index is 2.31. The van der Waals surface area contributed by atoms with Crippen molar-refractivity contribution < 1.29 is 9.50 Å². The summed E-state index contributed by atoms with van der Waals surface area (Å²) in [5.74, 6) is 0.235. The summed E-state index contributed by atoms with van der Waals surface area (Å²) in [7, 11) is 0. The van der Waals surface area contributed by atoms with E-state index in [1.807, 2.05) is 6.92 Å². The van der Waals surface area contributed by atoms with Crippen molar-refractivity contribution in [2.45, 2.75) is 19.6 Å². The number of hydrogen-bond acceptors (Lipinski definition) is 3. The lowest BCUT2D eigenvalue weighted by Crippen LogP contribution is -2.09. The van der Waals surface area contributed by atoms with Crippen LogP contribution >= 0.6 is 0 Å². The van der Waals surface area contributed by atoms with Gasteiger partial charge in [0.2, 0.25) is 0 Å². The van der Waals surface area contributed by atoms with Gasteiger partial charge in [-0.25, -0.2) is 4.39 Å². The molecule has 0 saturated carbocycles. The summed E-state index contributed by atoms with van der Waals surface area (Å²) in [5, 5.41) is 16.6. The SMILES string of the molecule is CC(c1ccc(F)cc1)n1cnnc1CO. The van der Waals surface area contributed by atoms with Crippen LogP contribution in [0.2, 0.25) is 0 Å². The van der Waals surface area contributed by atoms with Gasteiger partial charge >= 0.3 is 0 Å². The van der Waals surface area contributed by atoms with E-state index in [4.69, 9.17) is 5.11 Å². The van der Waals surface area contributed by atoms with Crippen LogP contribution < -0.4 is 0 Å². The summed E-state index contributed by atoms with van der Waals surface area (Å²) in [6.45, 7) is 1.78. The molecule has 1 N–H and O–H groups in total. The summed E-state index contributed by atoms with van der Waals surface area (Å²) in [6, 6.07) is 6.21. The molecule has 0 radical (unpaired) electrons. The fourth-order valence-corrected chi connectivity index (χ4v) is 1.61. The summed E-state index contributed by atoms with van der Waals surface area (Å²) < 4.78 is 14.5. The number of aromatic nitrogens is 3. The van der Waals surface area contributed by atoms with Gasteiger partial charge in [-0.15, -0.1) is 10.2 Å². The standard InChI is InChI=1S/C11H12FN3O/c1-8(9-2-4-10(12)5-3-9)15-7-13-14-11(15)6-16/h2-5,7-8,16H,6H2,1H3. The number of nitrogens with zero attached hydrogens (tertiary/aromatic N) is 3. The first-order valence-corrected chi connectivity index (χ1v) is 4.97. The maximum absolute atomic E-state index is 12.8. The van der Waals surface area contributed by atoms with Crippen LogP contribution in [0.25, 0.3) is 0 Å². The molecule has 84 valence electrons. The second-order valence-electron chi connectivity index (χ2n) is 3.54. The van der Waals surface area contributed by atoms with E-state index < -0.39 is 0 Å². The van der Waals surface area contributed by atoms with E-state index in [1.165, 1.54) is 12.1 Å².